The average molecular weight is 384 g/mol. The Labute approximate surface area is 151 Å². The minimum Gasteiger partial charge on any atom is -0.483 e. The Morgan fingerprint density at radius 3 is 2.83 bits per heavy atom. The lowest BCUT2D eigenvalue weighted by Gasteiger charge is -2.07. The van der Waals surface area contributed by atoms with Gasteiger partial charge in [-0.2, -0.15) is 0 Å². The molecule has 2 heterocycles. The van der Waals surface area contributed by atoms with Crippen molar-refractivity contribution in [1.29, 1.82) is 0 Å². The van der Waals surface area contributed by atoms with Crippen molar-refractivity contribution in [3.8, 4) is 17.2 Å². The number of thiophene rings is 1. The summed E-state index contributed by atoms with van der Waals surface area (Å²) in [5, 5.41) is 10.1. The van der Waals surface area contributed by atoms with Crippen LogP contribution in [0.4, 0.5) is 6.01 Å². The van der Waals surface area contributed by atoms with Crippen LogP contribution in [0.3, 0.4) is 0 Å². The molecule has 1 N–H and O–H groups in total. The van der Waals surface area contributed by atoms with E-state index in [9.17, 15) is 4.79 Å². The van der Waals surface area contributed by atoms with Crippen LogP contribution in [-0.4, -0.2) is 22.7 Å². The van der Waals surface area contributed by atoms with E-state index in [1.54, 1.807) is 12.1 Å². The van der Waals surface area contributed by atoms with E-state index < -0.39 is 5.91 Å². The first-order chi connectivity index (χ1) is 11.5. The molecule has 6 nitrogen and oxygen atoms in total. The number of hydrogen-bond donors (Lipinski definition) is 1. The molecular formula is C15H11Cl2N3O3S. The monoisotopic (exact) mass is 383 g/mol. The maximum absolute atomic E-state index is 11.9. The SMILES string of the molecule is Cc1ccccc1OCC(=O)Nc1nnc(-c2cc(Cl)sc2Cl)o1. The molecule has 0 aliphatic carbocycles. The summed E-state index contributed by atoms with van der Waals surface area (Å²) < 4.78 is 11.7. The van der Waals surface area contributed by atoms with Crippen LogP contribution in [0.5, 0.6) is 5.75 Å². The van der Waals surface area contributed by atoms with Gasteiger partial charge in [0.15, 0.2) is 6.61 Å². The lowest BCUT2D eigenvalue weighted by atomic mass is 10.2. The molecule has 0 saturated carbocycles. The normalized spacial score (nSPS) is 10.6. The lowest BCUT2D eigenvalue weighted by molar-refractivity contribution is -0.118. The van der Waals surface area contributed by atoms with Crippen molar-refractivity contribution < 1.29 is 13.9 Å². The standard InChI is InChI=1S/C15H11Cl2N3O3S/c1-8-4-2-3-5-10(8)22-7-12(21)18-15-20-19-14(23-15)9-6-11(16)24-13(9)17/h2-6H,7H2,1H3,(H,18,20,21). The smallest absolute Gasteiger partial charge is 0.322 e. The van der Waals surface area contributed by atoms with E-state index in [2.05, 4.69) is 15.5 Å². The van der Waals surface area contributed by atoms with Crippen LogP contribution in [0.15, 0.2) is 34.7 Å². The number of carbonyl (C=O) groups is 1. The highest BCUT2D eigenvalue weighted by atomic mass is 35.5. The zero-order valence-corrected chi connectivity index (χ0v) is 14.7. The van der Waals surface area contributed by atoms with Crippen molar-refractivity contribution in [3.05, 3.63) is 44.6 Å². The quantitative estimate of drug-likeness (QED) is 0.704. The third kappa shape index (κ3) is 3.87. The molecule has 24 heavy (non-hydrogen) atoms. The predicted octanol–water partition coefficient (Wildman–Crippen LogP) is 4.43. The maximum atomic E-state index is 11.9. The molecule has 0 radical (unpaired) electrons. The fourth-order valence-electron chi connectivity index (χ4n) is 1.89. The molecule has 1 amide bonds. The van der Waals surface area contributed by atoms with Crippen LogP contribution in [-0.2, 0) is 4.79 Å². The second-order valence-corrected chi connectivity index (χ2v) is 7.04. The number of nitrogens with zero attached hydrogens (tertiary/aromatic N) is 2. The molecule has 0 saturated heterocycles. The molecule has 3 aromatic rings. The van der Waals surface area contributed by atoms with Crippen LogP contribution in [0.1, 0.15) is 5.56 Å². The summed E-state index contributed by atoms with van der Waals surface area (Å²) in [7, 11) is 0. The van der Waals surface area contributed by atoms with Crippen molar-refractivity contribution >= 4 is 46.5 Å². The first-order valence-corrected chi connectivity index (χ1v) is 8.37. The largest absolute Gasteiger partial charge is 0.483 e. The van der Waals surface area contributed by atoms with E-state index >= 15 is 0 Å². The number of amides is 1. The van der Waals surface area contributed by atoms with Crippen LogP contribution in [0, 0.1) is 6.92 Å². The molecule has 0 unspecified atom stereocenters. The molecule has 0 aliphatic rings. The summed E-state index contributed by atoms with van der Waals surface area (Å²) in [5.74, 6) is 0.403. The van der Waals surface area contributed by atoms with Gasteiger partial charge in [0.2, 0.25) is 0 Å². The van der Waals surface area contributed by atoms with Gasteiger partial charge in [0.05, 0.1) is 9.90 Å². The molecule has 0 bridgehead atoms. The van der Waals surface area contributed by atoms with Gasteiger partial charge in [-0.3, -0.25) is 10.1 Å². The highest BCUT2D eigenvalue weighted by molar-refractivity contribution is 7.20. The zero-order chi connectivity index (χ0) is 17.1. The van der Waals surface area contributed by atoms with Crippen LogP contribution in [0.25, 0.3) is 11.5 Å². The van der Waals surface area contributed by atoms with E-state index in [1.165, 1.54) is 11.3 Å². The fraction of sp³-hybridized carbons (Fsp3) is 0.133. The van der Waals surface area contributed by atoms with E-state index in [0.29, 0.717) is 20.0 Å². The zero-order valence-electron chi connectivity index (χ0n) is 12.4. The first kappa shape index (κ1) is 16.8. The van der Waals surface area contributed by atoms with Gasteiger partial charge >= 0.3 is 6.01 Å². The van der Waals surface area contributed by atoms with Crippen molar-refractivity contribution in [2.75, 3.05) is 11.9 Å². The number of benzene rings is 1. The predicted molar refractivity (Wildman–Crippen MR) is 92.9 cm³/mol. The minimum absolute atomic E-state index is 0.0400. The van der Waals surface area contributed by atoms with Gasteiger partial charge in [0, 0.05) is 0 Å². The molecule has 1 aromatic carbocycles. The molecule has 2 aromatic heterocycles. The second-order valence-electron chi connectivity index (χ2n) is 4.75. The summed E-state index contributed by atoms with van der Waals surface area (Å²) in [6.07, 6.45) is 0. The van der Waals surface area contributed by atoms with Gasteiger partial charge in [0.1, 0.15) is 10.1 Å². The lowest BCUT2D eigenvalue weighted by Crippen LogP contribution is -2.20. The Hall–Kier alpha value is -2.09. The number of aromatic nitrogens is 2. The average Bonchev–Trinajstić information content (AvgIpc) is 3.12. The number of para-hydroxylation sites is 1. The fourth-order valence-corrected chi connectivity index (χ4v) is 3.33. The summed E-state index contributed by atoms with van der Waals surface area (Å²) in [4.78, 5) is 11.9. The molecule has 0 atom stereocenters. The van der Waals surface area contributed by atoms with E-state index in [4.69, 9.17) is 32.4 Å². The molecule has 0 aliphatic heterocycles. The third-order valence-electron chi connectivity index (χ3n) is 3.01. The molecule has 0 fully saturated rings. The Balaban J connectivity index is 1.61. The maximum Gasteiger partial charge on any atom is 0.322 e. The summed E-state index contributed by atoms with van der Waals surface area (Å²) in [5.41, 5.74) is 1.46. The first-order valence-electron chi connectivity index (χ1n) is 6.80. The van der Waals surface area contributed by atoms with E-state index in [1.807, 2.05) is 25.1 Å². The van der Waals surface area contributed by atoms with Gasteiger partial charge in [0.25, 0.3) is 11.8 Å². The van der Waals surface area contributed by atoms with Gasteiger partial charge < -0.3 is 9.15 Å². The number of aryl methyl sites for hydroxylation is 1. The van der Waals surface area contributed by atoms with Crippen LogP contribution in [0.2, 0.25) is 8.67 Å². The second kappa shape index (κ2) is 7.21. The van der Waals surface area contributed by atoms with E-state index in [0.717, 1.165) is 5.56 Å². The third-order valence-corrected chi connectivity index (χ3v) is 4.50. The van der Waals surface area contributed by atoms with Crippen molar-refractivity contribution in [2.45, 2.75) is 6.92 Å². The number of hydrogen-bond acceptors (Lipinski definition) is 6. The van der Waals surface area contributed by atoms with Crippen molar-refractivity contribution in [3.63, 3.8) is 0 Å². The summed E-state index contributed by atoms with van der Waals surface area (Å²) in [6.45, 7) is 1.72. The highest BCUT2D eigenvalue weighted by Crippen LogP contribution is 2.37. The molecule has 3 rings (SSSR count). The molecule has 0 spiro atoms. The van der Waals surface area contributed by atoms with Gasteiger partial charge in [-0.25, -0.2) is 0 Å². The van der Waals surface area contributed by atoms with E-state index in [-0.39, 0.29) is 18.5 Å². The van der Waals surface area contributed by atoms with Crippen molar-refractivity contribution in [2.24, 2.45) is 0 Å². The van der Waals surface area contributed by atoms with Crippen LogP contribution < -0.4 is 10.1 Å². The Kier molecular flexibility index (Phi) is 5.03. The summed E-state index contributed by atoms with van der Waals surface area (Å²) in [6, 6.07) is 8.99. The molecule has 124 valence electrons. The number of halogens is 2. The Morgan fingerprint density at radius 2 is 2.12 bits per heavy atom. The van der Waals surface area contributed by atoms with Crippen molar-refractivity contribution in [1.82, 2.24) is 10.2 Å². The number of anilines is 1. The minimum atomic E-state index is -0.414. The topological polar surface area (TPSA) is 77.2 Å². The number of nitrogens with one attached hydrogen (secondary N) is 1. The van der Waals surface area contributed by atoms with Gasteiger partial charge in [-0.1, -0.05) is 46.5 Å². The van der Waals surface area contributed by atoms with Gasteiger partial charge in [-0.15, -0.1) is 16.4 Å². The Bertz CT molecular complexity index is 878. The van der Waals surface area contributed by atoms with Gasteiger partial charge in [-0.05, 0) is 24.6 Å². The van der Waals surface area contributed by atoms with Crippen LogP contribution >= 0.6 is 34.5 Å². The highest BCUT2D eigenvalue weighted by Gasteiger charge is 2.16. The molecular weight excluding hydrogens is 373 g/mol. The number of ether oxygens (including phenoxy) is 1. The Morgan fingerprint density at radius 1 is 1.33 bits per heavy atom. The molecule has 9 heteroatoms. The number of rotatable bonds is 5. The summed E-state index contributed by atoms with van der Waals surface area (Å²) >= 11 is 13.1. The number of carbonyl (C=O) groups excluding carboxylic acids is 1.